The van der Waals surface area contributed by atoms with Crippen LogP contribution in [-0.4, -0.2) is 66.1 Å². The van der Waals surface area contributed by atoms with E-state index >= 15 is 0 Å². The fraction of sp³-hybridized carbons (Fsp3) is 0.417. The number of amides is 1. The highest BCUT2D eigenvalue weighted by molar-refractivity contribution is 7.98. The van der Waals surface area contributed by atoms with E-state index in [2.05, 4.69) is 9.88 Å². The van der Waals surface area contributed by atoms with E-state index in [9.17, 15) is 4.79 Å². The third kappa shape index (κ3) is 4.79. The van der Waals surface area contributed by atoms with Crippen LogP contribution in [0.3, 0.4) is 0 Å². The lowest BCUT2D eigenvalue weighted by atomic mass is 10.1. The number of carbonyl (C=O) groups is 1. The third-order valence-corrected chi connectivity index (χ3v) is 6.90. The smallest absolute Gasteiger partial charge is 0.257 e. The number of carbonyl (C=O) groups excluding carboxylic acids is 1. The molecule has 2 fully saturated rings. The summed E-state index contributed by atoms with van der Waals surface area (Å²) in [5.41, 5.74) is 3.44. The Morgan fingerprint density at radius 1 is 1.06 bits per heavy atom. The standard InChI is InChI=1S/C24H27N3O3S/c28-23(27-13-11-26(12-14-27)16-19-7-5-15-29-19)20-8-2-1-6-18(20)17-31-24-25-21-9-3-4-10-22(21)30-24/h1-4,6,8-10,19H,5,7,11-17H2/t19-/m0/s1. The van der Waals surface area contributed by atoms with Crippen molar-refractivity contribution in [1.29, 1.82) is 0 Å². The molecule has 3 aromatic rings. The number of hydrogen-bond acceptors (Lipinski definition) is 6. The van der Waals surface area contributed by atoms with Gasteiger partial charge in [0.05, 0.1) is 6.10 Å². The zero-order valence-corrected chi connectivity index (χ0v) is 18.4. The van der Waals surface area contributed by atoms with Crippen LogP contribution in [0.2, 0.25) is 0 Å². The van der Waals surface area contributed by atoms with Gasteiger partial charge in [-0.05, 0) is 36.6 Å². The van der Waals surface area contributed by atoms with Gasteiger partial charge in [-0.15, -0.1) is 0 Å². The van der Waals surface area contributed by atoms with Crippen molar-refractivity contribution in [3.8, 4) is 0 Å². The van der Waals surface area contributed by atoms with Crippen LogP contribution >= 0.6 is 11.8 Å². The molecule has 3 heterocycles. The highest BCUT2D eigenvalue weighted by Gasteiger charge is 2.26. The summed E-state index contributed by atoms with van der Waals surface area (Å²) in [6, 6.07) is 15.6. The second kappa shape index (κ2) is 9.42. The molecule has 1 amide bonds. The molecule has 6 nitrogen and oxygen atoms in total. The Bertz CT molecular complexity index is 1010. The van der Waals surface area contributed by atoms with E-state index in [1.165, 1.54) is 18.2 Å². The van der Waals surface area contributed by atoms with Crippen LogP contribution < -0.4 is 0 Å². The van der Waals surface area contributed by atoms with Crippen molar-refractivity contribution < 1.29 is 13.9 Å². The molecule has 1 aromatic heterocycles. The summed E-state index contributed by atoms with van der Waals surface area (Å²) >= 11 is 1.52. The molecule has 31 heavy (non-hydrogen) atoms. The van der Waals surface area contributed by atoms with E-state index in [0.29, 0.717) is 17.1 Å². The number of hydrogen-bond donors (Lipinski definition) is 0. The summed E-state index contributed by atoms with van der Waals surface area (Å²) in [6.45, 7) is 5.22. The first kappa shape index (κ1) is 20.5. The number of fused-ring (bicyclic) bond motifs is 1. The van der Waals surface area contributed by atoms with Gasteiger partial charge in [0.2, 0.25) is 0 Å². The van der Waals surface area contributed by atoms with Gasteiger partial charge in [0.25, 0.3) is 11.1 Å². The van der Waals surface area contributed by atoms with E-state index in [1.807, 2.05) is 53.4 Å². The molecule has 0 unspecified atom stereocenters. The first-order valence-corrected chi connectivity index (χ1v) is 11.9. The normalized spacial score (nSPS) is 19.9. The number of para-hydroxylation sites is 2. The van der Waals surface area contributed by atoms with Gasteiger partial charge in [-0.1, -0.05) is 42.1 Å². The van der Waals surface area contributed by atoms with Crippen LogP contribution in [0, 0.1) is 0 Å². The minimum atomic E-state index is 0.116. The number of piperazine rings is 1. The Hall–Kier alpha value is -2.35. The minimum absolute atomic E-state index is 0.116. The Balaban J connectivity index is 1.21. The van der Waals surface area contributed by atoms with Crippen LogP contribution in [0.25, 0.3) is 11.1 Å². The summed E-state index contributed by atoms with van der Waals surface area (Å²) in [5, 5.41) is 0.631. The topological polar surface area (TPSA) is 58.8 Å². The molecule has 0 spiro atoms. The van der Waals surface area contributed by atoms with Gasteiger partial charge < -0.3 is 14.1 Å². The molecule has 0 bridgehead atoms. The molecule has 2 aromatic carbocycles. The molecular weight excluding hydrogens is 410 g/mol. The van der Waals surface area contributed by atoms with Gasteiger partial charge >= 0.3 is 0 Å². The first-order chi connectivity index (χ1) is 15.3. The maximum absolute atomic E-state index is 13.3. The van der Waals surface area contributed by atoms with E-state index < -0.39 is 0 Å². The molecule has 0 N–H and O–H groups in total. The Morgan fingerprint density at radius 2 is 1.87 bits per heavy atom. The maximum Gasteiger partial charge on any atom is 0.257 e. The summed E-state index contributed by atoms with van der Waals surface area (Å²) in [7, 11) is 0. The number of ether oxygens (including phenoxy) is 1. The minimum Gasteiger partial charge on any atom is -0.431 e. The van der Waals surface area contributed by atoms with Crippen molar-refractivity contribution in [2.45, 2.75) is 29.9 Å². The number of nitrogens with zero attached hydrogens (tertiary/aromatic N) is 3. The predicted octanol–water partition coefficient (Wildman–Crippen LogP) is 4.06. The van der Waals surface area contributed by atoms with E-state index in [1.54, 1.807) is 0 Å². The average Bonchev–Trinajstić information content (AvgIpc) is 3.47. The van der Waals surface area contributed by atoms with Crippen molar-refractivity contribution >= 4 is 28.8 Å². The monoisotopic (exact) mass is 437 g/mol. The molecule has 0 aliphatic carbocycles. The van der Waals surface area contributed by atoms with Crippen molar-refractivity contribution in [1.82, 2.24) is 14.8 Å². The van der Waals surface area contributed by atoms with Gasteiger partial charge in [-0.25, -0.2) is 4.98 Å². The van der Waals surface area contributed by atoms with Gasteiger partial charge in [0.15, 0.2) is 5.58 Å². The van der Waals surface area contributed by atoms with Gasteiger partial charge in [-0.3, -0.25) is 9.69 Å². The molecule has 0 saturated carbocycles. The number of rotatable bonds is 6. The number of oxazole rings is 1. The fourth-order valence-electron chi connectivity index (χ4n) is 4.29. The van der Waals surface area contributed by atoms with Gasteiger partial charge in [0, 0.05) is 50.6 Å². The third-order valence-electron chi connectivity index (χ3n) is 6.02. The van der Waals surface area contributed by atoms with Crippen LogP contribution in [0.5, 0.6) is 0 Å². The second-order valence-corrected chi connectivity index (χ2v) is 9.05. The lowest BCUT2D eigenvalue weighted by Crippen LogP contribution is -2.50. The molecule has 2 saturated heterocycles. The Labute approximate surface area is 186 Å². The van der Waals surface area contributed by atoms with Gasteiger partial charge in [-0.2, -0.15) is 0 Å². The molecule has 7 heteroatoms. The first-order valence-electron chi connectivity index (χ1n) is 11.0. The predicted molar refractivity (Wildman–Crippen MR) is 121 cm³/mol. The van der Waals surface area contributed by atoms with Crippen molar-refractivity contribution in [3.63, 3.8) is 0 Å². The quantitative estimate of drug-likeness (QED) is 0.542. The van der Waals surface area contributed by atoms with Crippen LogP contribution in [0.15, 0.2) is 58.2 Å². The summed E-state index contributed by atoms with van der Waals surface area (Å²) in [5.74, 6) is 0.763. The van der Waals surface area contributed by atoms with Crippen molar-refractivity contribution in [2.75, 3.05) is 39.3 Å². The fourth-order valence-corrected chi connectivity index (χ4v) is 5.13. The summed E-state index contributed by atoms with van der Waals surface area (Å²) in [6.07, 6.45) is 2.69. The zero-order chi connectivity index (χ0) is 21.0. The zero-order valence-electron chi connectivity index (χ0n) is 17.5. The molecular formula is C24H27N3O3S. The lowest BCUT2D eigenvalue weighted by Gasteiger charge is -2.36. The van der Waals surface area contributed by atoms with E-state index in [4.69, 9.17) is 9.15 Å². The van der Waals surface area contributed by atoms with Gasteiger partial charge in [0.1, 0.15) is 5.52 Å². The molecule has 2 aliphatic heterocycles. The average molecular weight is 438 g/mol. The molecule has 1 atom stereocenters. The second-order valence-electron chi connectivity index (χ2n) is 8.12. The Kier molecular flexibility index (Phi) is 6.25. The maximum atomic E-state index is 13.3. The SMILES string of the molecule is O=C(c1ccccc1CSc1nc2ccccc2o1)N1CCN(C[C@@H]2CCCO2)CC1. The van der Waals surface area contributed by atoms with Crippen LogP contribution in [-0.2, 0) is 10.5 Å². The number of benzene rings is 2. The van der Waals surface area contributed by atoms with Crippen LogP contribution in [0.1, 0.15) is 28.8 Å². The van der Waals surface area contributed by atoms with E-state index in [0.717, 1.165) is 68.0 Å². The summed E-state index contributed by atoms with van der Waals surface area (Å²) in [4.78, 5) is 22.2. The summed E-state index contributed by atoms with van der Waals surface area (Å²) < 4.78 is 11.6. The van der Waals surface area contributed by atoms with Crippen molar-refractivity contribution in [2.24, 2.45) is 0 Å². The van der Waals surface area contributed by atoms with Crippen molar-refractivity contribution in [3.05, 3.63) is 59.7 Å². The van der Waals surface area contributed by atoms with Crippen LogP contribution in [0.4, 0.5) is 0 Å². The number of aromatic nitrogens is 1. The Morgan fingerprint density at radius 3 is 2.68 bits per heavy atom. The molecule has 5 rings (SSSR count). The highest BCUT2D eigenvalue weighted by Crippen LogP contribution is 2.28. The molecule has 162 valence electrons. The largest absolute Gasteiger partial charge is 0.431 e. The highest BCUT2D eigenvalue weighted by atomic mass is 32.2. The van der Waals surface area contributed by atoms with E-state index in [-0.39, 0.29) is 5.91 Å². The number of thioether (sulfide) groups is 1. The lowest BCUT2D eigenvalue weighted by molar-refractivity contribution is 0.0432. The molecule has 0 radical (unpaired) electrons. The molecule has 2 aliphatic rings.